The topological polar surface area (TPSA) is 65.5 Å². The largest absolute Gasteiger partial charge is 0.396 e. The highest BCUT2D eigenvalue weighted by Gasteiger charge is 2.26. The van der Waals surface area contributed by atoms with E-state index in [0.29, 0.717) is 37.8 Å². The van der Waals surface area contributed by atoms with Gasteiger partial charge in [0.2, 0.25) is 0 Å². The number of nitrogens with zero attached hydrogens (tertiary/aromatic N) is 2. The Morgan fingerprint density at radius 1 is 1.62 bits per heavy atom. The molecular formula is C15H22FN3O2. The van der Waals surface area contributed by atoms with E-state index in [1.165, 1.54) is 6.07 Å². The standard InChI is InChI=1S/C15H22FN3O2/c1-2-17-14-13(8-12(16)9-18-14)15(21)19-6-3-4-11(10-19)5-7-20/h8-9,11,20H,2-7,10H2,1H3,(H,17,18). The van der Waals surface area contributed by atoms with Crippen molar-refractivity contribution in [1.82, 2.24) is 9.88 Å². The van der Waals surface area contributed by atoms with Crippen molar-refractivity contribution >= 4 is 11.7 Å². The lowest BCUT2D eigenvalue weighted by molar-refractivity contribution is 0.0653. The van der Waals surface area contributed by atoms with E-state index in [1.54, 1.807) is 4.90 Å². The Morgan fingerprint density at radius 2 is 2.43 bits per heavy atom. The maximum Gasteiger partial charge on any atom is 0.257 e. The number of carbonyl (C=O) groups excluding carboxylic acids is 1. The molecule has 0 saturated carbocycles. The van der Waals surface area contributed by atoms with Gasteiger partial charge in [0, 0.05) is 26.2 Å². The number of likely N-dealkylation sites (tertiary alicyclic amines) is 1. The number of carbonyl (C=O) groups is 1. The quantitative estimate of drug-likeness (QED) is 0.870. The van der Waals surface area contributed by atoms with Crippen molar-refractivity contribution in [3.63, 3.8) is 0 Å². The summed E-state index contributed by atoms with van der Waals surface area (Å²) in [7, 11) is 0. The maximum atomic E-state index is 13.4. The summed E-state index contributed by atoms with van der Waals surface area (Å²) in [6.45, 7) is 3.94. The number of nitrogens with one attached hydrogen (secondary N) is 1. The summed E-state index contributed by atoms with van der Waals surface area (Å²) in [6, 6.07) is 1.24. The molecule has 1 aliphatic heterocycles. The van der Waals surface area contributed by atoms with Gasteiger partial charge in [0.15, 0.2) is 0 Å². The zero-order valence-corrected chi connectivity index (χ0v) is 12.3. The minimum atomic E-state index is -0.510. The Balaban J connectivity index is 2.16. The van der Waals surface area contributed by atoms with Crippen LogP contribution in [0.4, 0.5) is 10.2 Å². The number of anilines is 1. The number of halogens is 1. The van der Waals surface area contributed by atoms with Crippen LogP contribution in [0, 0.1) is 11.7 Å². The van der Waals surface area contributed by atoms with Crippen LogP contribution < -0.4 is 5.32 Å². The lowest BCUT2D eigenvalue weighted by atomic mass is 9.94. The first-order valence-corrected chi connectivity index (χ1v) is 7.45. The van der Waals surface area contributed by atoms with E-state index in [9.17, 15) is 9.18 Å². The van der Waals surface area contributed by atoms with Crippen LogP contribution in [-0.2, 0) is 0 Å². The SMILES string of the molecule is CCNc1ncc(F)cc1C(=O)N1CCCC(CCO)C1. The molecular weight excluding hydrogens is 273 g/mol. The van der Waals surface area contributed by atoms with Crippen LogP contribution in [0.2, 0.25) is 0 Å². The Labute approximate surface area is 124 Å². The number of aromatic nitrogens is 1. The van der Waals surface area contributed by atoms with Crippen molar-refractivity contribution < 1.29 is 14.3 Å². The fourth-order valence-corrected chi connectivity index (χ4v) is 2.75. The predicted molar refractivity (Wildman–Crippen MR) is 78.7 cm³/mol. The minimum Gasteiger partial charge on any atom is -0.396 e. The van der Waals surface area contributed by atoms with Crippen LogP contribution in [0.25, 0.3) is 0 Å². The Kier molecular flexibility index (Phi) is 5.50. The van der Waals surface area contributed by atoms with Crippen molar-refractivity contribution in [1.29, 1.82) is 0 Å². The molecule has 5 nitrogen and oxygen atoms in total. The molecule has 1 aromatic heterocycles. The first-order chi connectivity index (χ1) is 10.2. The molecule has 116 valence electrons. The molecule has 1 aromatic rings. The lowest BCUT2D eigenvalue weighted by Gasteiger charge is -2.33. The molecule has 1 atom stereocenters. The summed E-state index contributed by atoms with van der Waals surface area (Å²) >= 11 is 0. The second-order valence-electron chi connectivity index (χ2n) is 5.35. The second kappa shape index (κ2) is 7.36. The van der Waals surface area contributed by atoms with Crippen molar-refractivity contribution in [2.75, 3.05) is 31.6 Å². The maximum absolute atomic E-state index is 13.4. The molecule has 0 aromatic carbocycles. The third-order valence-corrected chi connectivity index (χ3v) is 3.77. The number of hydrogen-bond donors (Lipinski definition) is 2. The van der Waals surface area contributed by atoms with Gasteiger partial charge in [-0.25, -0.2) is 9.37 Å². The summed E-state index contributed by atoms with van der Waals surface area (Å²) in [6.07, 6.45) is 3.74. The fourth-order valence-electron chi connectivity index (χ4n) is 2.75. The molecule has 2 heterocycles. The van der Waals surface area contributed by atoms with Crippen LogP contribution in [-0.4, -0.2) is 47.1 Å². The zero-order valence-electron chi connectivity index (χ0n) is 12.3. The molecule has 1 aliphatic rings. The van der Waals surface area contributed by atoms with Gasteiger partial charge in [-0.15, -0.1) is 0 Å². The summed E-state index contributed by atoms with van der Waals surface area (Å²) < 4.78 is 13.4. The Hall–Kier alpha value is -1.69. The molecule has 1 amide bonds. The van der Waals surface area contributed by atoms with Crippen molar-refractivity contribution in [2.45, 2.75) is 26.2 Å². The van der Waals surface area contributed by atoms with Gasteiger partial charge < -0.3 is 15.3 Å². The summed E-state index contributed by atoms with van der Waals surface area (Å²) in [5.41, 5.74) is 0.279. The van der Waals surface area contributed by atoms with Crippen molar-refractivity contribution in [3.05, 3.63) is 23.6 Å². The van der Waals surface area contributed by atoms with Gasteiger partial charge >= 0.3 is 0 Å². The van der Waals surface area contributed by atoms with Crippen LogP contribution in [0.15, 0.2) is 12.3 Å². The molecule has 0 aliphatic carbocycles. The number of amides is 1. The van der Waals surface area contributed by atoms with Gasteiger partial charge in [-0.1, -0.05) is 0 Å². The van der Waals surface area contributed by atoms with Gasteiger partial charge in [0.1, 0.15) is 11.6 Å². The highest BCUT2D eigenvalue weighted by molar-refractivity contribution is 5.98. The molecule has 2 N–H and O–H groups in total. The second-order valence-corrected chi connectivity index (χ2v) is 5.35. The normalized spacial score (nSPS) is 18.6. The Bertz CT molecular complexity index is 494. The van der Waals surface area contributed by atoms with E-state index in [4.69, 9.17) is 5.11 Å². The number of aliphatic hydroxyl groups excluding tert-OH is 1. The number of pyridine rings is 1. The van der Waals surface area contributed by atoms with E-state index in [2.05, 4.69) is 10.3 Å². The van der Waals surface area contributed by atoms with Crippen molar-refractivity contribution in [3.8, 4) is 0 Å². The lowest BCUT2D eigenvalue weighted by Crippen LogP contribution is -2.40. The molecule has 0 spiro atoms. The van der Waals surface area contributed by atoms with Gasteiger partial charge in [-0.05, 0) is 38.2 Å². The predicted octanol–water partition coefficient (Wildman–Crippen LogP) is 1.89. The number of piperidine rings is 1. The van der Waals surface area contributed by atoms with Crippen LogP contribution >= 0.6 is 0 Å². The van der Waals surface area contributed by atoms with Crippen LogP contribution in [0.1, 0.15) is 36.5 Å². The third kappa shape index (κ3) is 3.91. The third-order valence-electron chi connectivity index (χ3n) is 3.77. The van der Waals surface area contributed by atoms with Crippen molar-refractivity contribution in [2.24, 2.45) is 5.92 Å². The van der Waals surface area contributed by atoms with Gasteiger partial charge in [0.05, 0.1) is 11.8 Å². The first kappa shape index (κ1) is 15.7. The van der Waals surface area contributed by atoms with E-state index in [0.717, 1.165) is 19.0 Å². The summed E-state index contributed by atoms with van der Waals surface area (Å²) in [5.74, 6) is 0.0366. The average Bonchev–Trinajstić information content (AvgIpc) is 2.49. The van der Waals surface area contributed by atoms with E-state index in [1.807, 2.05) is 6.92 Å². The van der Waals surface area contributed by atoms with Gasteiger partial charge in [-0.3, -0.25) is 4.79 Å². The van der Waals surface area contributed by atoms with Crippen LogP contribution in [0.5, 0.6) is 0 Å². The number of aliphatic hydroxyl groups is 1. The molecule has 6 heteroatoms. The van der Waals surface area contributed by atoms with Gasteiger partial charge in [-0.2, -0.15) is 0 Å². The van der Waals surface area contributed by atoms with E-state index in [-0.39, 0.29) is 18.1 Å². The molecule has 1 unspecified atom stereocenters. The fraction of sp³-hybridized carbons (Fsp3) is 0.600. The molecule has 0 bridgehead atoms. The first-order valence-electron chi connectivity index (χ1n) is 7.45. The number of rotatable bonds is 5. The molecule has 0 radical (unpaired) electrons. The molecule has 2 rings (SSSR count). The minimum absolute atomic E-state index is 0.136. The summed E-state index contributed by atoms with van der Waals surface area (Å²) in [5, 5.41) is 12.0. The van der Waals surface area contributed by atoms with E-state index >= 15 is 0 Å². The molecule has 21 heavy (non-hydrogen) atoms. The summed E-state index contributed by atoms with van der Waals surface area (Å²) in [4.78, 5) is 18.3. The number of hydrogen-bond acceptors (Lipinski definition) is 4. The monoisotopic (exact) mass is 295 g/mol. The zero-order chi connectivity index (χ0) is 15.2. The highest BCUT2D eigenvalue weighted by Crippen LogP contribution is 2.23. The van der Waals surface area contributed by atoms with Crippen LogP contribution in [0.3, 0.4) is 0 Å². The Morgan fingerprint density at radius 3 is 3.14 bits per heavy atom. The molecule has 1 saturated heterocycles. The smallest absolute Gasteiger partial charge is 0.257 e. The average molecular weight is 295 g/mol. The molecule has 1 fully saturated rings. The highest BCUT2D eigenvalue weighted by atomic mass is 19.1. The van der Waals surface area contributed by atoms with E-state index < -0.39 is 5.82 Å². The van der Waals surface area contributed by atoms with Gasteiger partial charge in [0.25, 0.3) is 5.91 Å².